The molecule has 0 bridgehead atoms. The Morgan fingerprint density at radius 2 is 2.00 bits per heavy atom. The summed E-state index contributed by atoms with van der Waals surface area (Å²) in [5.74, 6) is -0.231. The van der Waals surface area contributed by atoms with Crippen molar-refractivity contribution in [3.05, 3.63) is 52.3 Å². The van der Waals surface area contributed by atoms with Gasteiger partial charge in [0.05, 0.1) is 22.0 Å². The lowest BCUT2D eigenvalue weighted by Gasteiger charge is -2.12. The van der Waals surface area contributed by atoms with E-state index in [2.05, 4.69) is 15.6 Å². The molecule has 0 fully saturated rings. The van der Waals surface area contributed by atoms with Crippen LogP contribution in [0, 0.1) is 13.8 Å². The smallest absolute Gasteiger partial charge is 0.259 e. The van der Waals surface area contributed by atoms with E-state index in [-0.39, 0.29) is 5.91 Å². The minimum atomic E-state index is -0.231. The summed E-state index contributed by atoms with van der Waals surface area (Å²) in [4.78, 5) is 16.6. The minimum Gasteiger partial charge on any atom is -0.385 e. The second-order valence-corrected chi connectivity index (χ2v) is 5.25. The van der Waals surface area contributed by atoms with Crippen molar-refractivity contribution >= 4 is 28.9 Å². The molecule has 2 aromatic rings. The number of nitrogens with one attached hydrogen (secondary N) is 2. The van der Waals surface area contributed by atoms with E-state index in [1.165, 1.54) is 0 Å². The zero-order valence-electron chi connectivity index (χ0n) is 12.3. The van der Waals surface area contributed by atoms with E-state index in [0.717, 1.165) is 23.5 Å². The van der Waals surface area contributed by atoms with Crippen LogP contribution in [0.5, 0.6) is 0 Å². The maximum atomic E-state index is 12.4. The number of hydrogen-bond acceptors (Lipinski definition) is 3. The van der Waals surface area contributed by atoms with Crippen LogP contribution in [0.1, 0.15) is 28.5 Å². The summed E-state index contributed by atoms with van der Waals surface area (Å²) >= 11 is 6.11. The molecule has 0 unspecified atom stereocenters. The highest BCUT2D eigenvalue weighted by Crippen LogP contribution is 2.24. The van der Waals surface area contributed by atoms with Gasteiger partial charge in [0.2, 0.25) is 0 Å². The Kier molecular flexibility index (Phi) is 4.81. The summed E-state index contributed by atoms with van der Waals surface area (Å²) < 4.78 is 0. The van der Waals surface area contributed by atoms with Gasteiger partial charge in [0.25, 0.3) is 5.91 Å². The molecular weight excluding hydrogens is 286 g/mol. The van der Waals surface area contributed by atoms with Crippen LogP contribution in [-0.2, 0) is 0 Å². The van der Waals surface area contributed by atoms with Crippen molar-refractivity contribution in [3.8, 4) is 0 Å². The van der Waals surface area contributed by atoms with Gasteiger partial charge in [-0.05, 0) is 44.5 Å². The fourth-order valence-corrected chi connectivity index (χ4v) is 2.17. The Bertz CT molecular complexity index is 671. The summed E-state index contributed by atoms with van der Waals surface area (Å²) in [5.41, 5.74) is 3.76. The third-order valence-corrected chi connectivity index (χ3v) is 3.35. The molecule has 0 aliphatic heterocycles. The largest absolute Gasteiger partial charge is 0.385 e. The summed E-state index contributed by atoms with van der Waals surface area (Å²) in [7, 11) is 0. The maximum absolute atomic E-state index is 12.4. The maximum Gasteiger partial charge on any atom is 0.259 e. The van der Waals surface area contributed by atoms with Crippen molar-refractivity contribution in [3.63, 3.8) is 0 Å². The lowest BCUT2D eigenvalue weighted by atomic mass is 10.1. The van der Waals surface area contributed by atoms with E-state index >= 15 is 0 Å². The number of pyridine rings is 1. The lowest BCUT2D eigenvalue weighted by molar-refractivity contribution is 0.102. The van der Waals surface area contributed by atoms with Gasteiger partial charge in [0, 0.05) is 18.4 Å². The standard InChI is InChI=1S/C16H18ClN3O/c1-4-18-14-8-11(3)19-9-12(14)16(21)20-15-7-10(2)5-6-13(15)17/h5-9H,4H2,1-3H3,(H,18,19)(H,20,21). The first-order chi connectivity index (χ1) is 10.0. The van der Waals surface area contributed by atoms with E-state index in [4.69, 9.17) is 11.6 Å². The highest BCUT2D eigenvalue weighted by atomic mass is 35.5. The number of anilines is 2. The third kappa shape index (κ3) is 3.73. The summed E-state index contributed by atoms with van der Waals surface area (Å²) in [6, 6.07) is 7.37. The van der Waals surface area contributed by atoms with E-state index in [9.17, 15) is 4.79 Å². The molecule has 5 heteroatoms. The first-order valence-corrected chi connectivity index (χ1v) is 7.17. The number of hydrogen-bond donors (Lipinski definition) is 2. The Morgan fingerprint density at radius 3 is 2.71 bits per heavy atom. The normalized spacial score (nSPS) is 10.3. The molecule has 0 spiro atoms. The molecule has 1 aromatic heterocycles. The molecule has 0 saturated heterocycles. The highest BCUT2D eigenvalue weighted by molar-refractivity contribution is 6.34. The predicted octanol–water partition coefficient (Wildman–Crippen LogP) is 4.04. The second-order valence-electron chi connectivity index (χ2n) is 4.84. The van der Waals surface area contributed by atoms with E-state index in [1.54, 1.807) is 12.3 Å². The molecule has 1 aromatic carbocycles. The van der Waals surface area contributed by atoms with Gasteiger partial charge >= 0.3 is 0 Å². The minimum absolute atomic E-state index is 0.231. The molecular formula is C16H18ClN3O. The summed E-state index contributed by atoms with van der Waals surface area (Å²) in [5, 5.41) is 6.52. The van der Waals surface area contributed by atoms with Crippen LogP contribution >= 0.6 is 11.6 Å². The fourth-order valence-electron chi connectivity index (χ4n) is 2.00. The van der Waals surface area contributed by atoms with E-state index in [1.807, 2.05) is 39.0 Å². The molecule has 0 aliphatic carbocycles. The molecule has 21 heavy (non-hydrogen) atoms. The SMILES string of the molecule is CCNc1cc(C)ncc1C(=O)Nc1cc(C)ccc1Cl. The number of rotatable bonds is 4. The molecule has 0 saturated carbocycles. The van der Waals surface area contributed by atoms with Crippen molar-refractivity contribution in [1.29, 1.82) is 0 Å². The molecule has 4 nitrogen and oxygen atoms in total. The second kappa shape index (κ2) is 6.59. The Balaban J connectivity index is 2.30. The zero-order chi connectivity index (χ0) is 15.4. The van der Waals surface area contributed by atoms with Gasteiger partial charge in [0.15, 0.2) is 0 Å². The van der Waals surface area contributed by atoms with Crippen LogP contribution in [0.4, 0.5) is 11.4 Å². The first kappa shape index (κ1) is 15.3. The molecule has 0 atom stereocenters. The van der Waals surface area contributed by atoms with Gasteiger partial charge in [-0.25, -0.2) is 0 Å². The van der Waals surface area contributed by atoms with Crippen molar-refractivity contribution in [2.45, 2.75) is 20.8 Å². The van der Waals surface area contributed by atoms with Gasteiger partial charge < -0.3 is 10.6 Å². The van der Waals surface area contributed by atoms with Gasteiger partial charge in [-0.1, -0.05) is 17.7 Å². The number of amides is 1. The fraction of sp³-hybridized carbons (Fsp3) is 0.250. The van der Waals surface area contributed by atoms with Crippen molar-refractivity contribution < 1.29 is 4.79 Å². The Hall–Kier alpha value is -2.07. The molecule has 1 amide bonds. The van der Waals surface area contributed by atoms with Gasteiger partial charge in [-0.15, -0.1) is 0 Å². The van der Waals surface area contributed by atoms with Crippen LogP contribution in [0.15, 0.2) is 30.5 Å². The number of carbonyl (C=O) groups excluding carboxylic acids is 1. The number of benzene rings is 1. The predicted molar refractivity (Wildman–Crippen MR) is 87.3 cm³/mol. The zero-order valence-corrected chi connectivity index (χ0v) is 13.1. The van der Waals surface area contributed by atoms with Gasteiger partial charge in [-0.2, -0.15) is 0 Å². The van der Waals surface area contributed by atoms with E-state index < -0.39 is 0 Å². The third-order valence-electron chi connectivity index (χ3n) is 3.02. The topological polar surface area (TPSA) is 54.0 Å². The van der Waals surface area contributed by atoms with Gasteiger partial charge in [0.1, 0.15) is 0 Å². The van der Waals surface area contributed by atoms with Gasteiger partial charge in [-0.3, -0.25) is 9.78 Å². The van der Waals surface area contributed by atoms with E-state index in [0.29, 0.717) is 16.3 Å². The van der Waals surface area contributed by atoms with Crippen LogP contribution < -0.4 is 10.6 Å². The molecule has 1 heterocycles. The molecule has 2 rings (SSSR count). The molecule has 0 radical (unpaired) electrons. The number of aryl methyl sites for hydroxylation is 2. The summed E-state index contributed by atoms with van der Waals surface area (Å²) in [6.45, 7) is 6.55. The number of halogens is 1. The lowest BCUT2D eigenvalue weighted by Crippen LogP contribution is -2.16. The number of carbonyl (C=O) groups is 1. The van der Waals surface area contributed by atoms with Crippen molar-refractivity contribution in [1.82, 2.24) is 4.98 Å². The number of nitrogens with zero attached hydrogens (tertiary/aromatic N) is 1. The van der Waals surface area contributed by atoms with Crippen LogP contribution in [0.3, 0.4) is 0 Å². The first-order valence-electron chi connectivity index (χ1n) is 6.79. The molecule has 2 N–H and O–H groups in total. The molecule has 110 valence electrons. The molecule has 0 aliphatic rings. The summed E-state index contributed by atoms with van der Waals surface area (Å²) in [6.07, 6.45) is 1.58. The van der Waals surface area contributed by atoms with Crippen molar-refractivity contribution in [2.24, 2.45) is 0 Å². The highest BCUT2D eigenvalue weighted by Gasteiger charge is 2.13. The van der Waals surface area contributed by atoms with Crippen LogP contribution in [0.25, 0.3) is 0 Å². The van der Waals surface area contributed by atoms with Crippen LogP contribution in [-0.4, -0.2) is 17.4 Å². The average molecular weight is 304 g/mol. The Morgan fingerprint density at radius 1 is 1.24 bits per heavy atom. The van der Waals surface area contributed by atoms with Crippen molar-refractivity contribution in [2.75, 3.05) is 17.2 Å². The number of aromatic nitrogens is 1. The monoisotopic (exact) mass is 303 g/mol. The quantitative estimate of drug-likeness (QED) is 0.896. The Labute approximate surface area is 129 Å². The van der Waals surface area contributed by atoms with Crippen LogP contribution in [0.2, 0.25) is 5.02 Å². The average Bonchev–Trinajstić information content (AvgIpc) is 2.43.